The Hall–Kier alpha value is -2.67. The quantitative estimate of drug-likeness (QED) is 0.662. The monoisotopic (exact) mass is 386 g/mol. The fourth-order valence-corrected chi connectivity index (χ4v) is 3.84. The topological polar surface area (TPSA) is 81.4 Å². The minimum absolute atomic E-state index is 0.0833. The highest BCUT2D eigenvalue weighted by Gasteiger charge is 2.17. The van der Waals surface area contributed by atoms with E-state index in [0.717, 1.165) is 44.8 Å². The van der Waals surface area contributed by atoms with Crippen LogP contribution in [-0.4, -0.2) is 20.6 Å². The van der Waals surface area contributed by atoms with Crippen LogP contribution >= 0.6 is 11.3 Å². The van der Waals surface area contributed by atoms with Crippen molar-refractivity contribution in [2.24, 2.45) is 0 Å². The number of hydrogen-bond donors (Lipinski definition) is 1. The molecule has 0 aliphatic rings. The normalized spacial score (nSPS) is 12.3. The average Bonchev–Trinajstić information content (AvgIpc) is 2.93. The van der Waals surface area contributed by atoms with Crippen molar-refractivity contribution in [1.29, 1.82) is 0 Å². The van der Waals surface area contributed by atoms with Crippen molar-refractivity contribution in [2.45, 2.75) is 46.3 Å². The second-order valence-electron chi connectivity index (χ2n) is 6.52. The number of aliphatic carboxylic acids is 1. The van der Waals surface area contributed by atoms with E-state index in [0.29, 0.717) is 5.75 Å². The third-order valence-electron chi connectivity index (χ3n) is 4.42. The zero-order valence-electron chi connectivity index (χ0n) is 15.6. The van der Waals surface area contributed by atoms with Crippen LogP contribution in [0.3, 0.4) is 0 Å². The Labute approximate surface area is 161 Å². The molecule has 0 radical (unpaired) electrons. The fourth-order valence-electron chi connectivity index (χ4n) is 2.92. The number of benzene rings is 1. The largest absolute Gasteiger partial charge is 0.484 e. The Bertz CT molecular complexity index is 1020. The van der Waals surface area contributed by atoms with E-state index in [2.05, 4.69) is 4.98 Å². The van der Waals surface area contributed by atoms with Crippen LogP contribution in [0.2, 0.25) is 0 Å². The Morgan fingerprint density at radius 1 is 1.33 bits per heavy atom. The molecule has 27 heavy (non-hydrogen) atoms. The number of carbonyl (C=O) groups is 1. The van der Waals surface area contributed by atoms with E-state index in [4.69, 9.17) is 9.84 Å². The number of carboxylic acids is 1. The highest BCUT2D eigenvalue weighted by molar-refractivity contribution is 7.16. The van der Waals surface area contributed by atoms with Crippen molar-refractivity contribution in [3.8, 4) is 5.75 Å². The maximum Gasteiger partial charge on any atom is 0.308 e. The lowest BCUT2D eigenvalue weighted by Gasteiger charge is -2.19. The van der Waals surface area contributed by atoms with Gasteiger partial charge in [0.15, 0.2) is 0 Å². The number of ether oxygens (including phenoxy) is 1. The number of nitrogens with zero attached hydrogens (tertiary/aromatic N) is 2. The summed E-state index contributed by atoms with van der Waals surface area (Å²) in [6, 6.07) is 7.74. The molecule has 0 aliphatic heterocycles. The summed E-state index contributed by atoms with van der Waals surface area (Å²) in [5.41, 5.74) is 3.61. The number of aromatic nitrogens is 2. The van der Waals surface area contributed by atoms with Crippen LogP contribution in [0.15, 0.2) is 35.3 Å². The Morgan fingerprint density at radius 2 is 2.11 bits per heavy atom. The Kier molecular flexibility index (Phi) is 5.60. The van der Waals surface area contributed by atoms with Gasteiger partial charge in [-0.05, 0) is 49.6 Å². The van der Waals surface area contributed by atoms with Gasteiger partial charge in [-0.25, -0.2) is 0 Å². The lowest BCUT2D eigenvalue weighted by molar-refractivity contribution is -0.137. The van der Waals surface area contributed by atoms with E-state index in [1.54, 1.807) is 0 Å². The van der Waals surface area contributed by atoms with Gasteiger partial charge in [-0.3, -0.25) is 19.1 Å². The molecule has 0 saturated heterocycles. The van der Waals surface area contributed by atoms with E-state index in [9.17, 15) is 9.59 Å². The van der Waals surface area contributed by atoms with Gasteiger partial charge in [0.2, 0.25) is 0 Å². The second-order valence-corrected chi connectivity index (χ2v) is 7.52. The number of hydrogen-bond acceptors (Lipinski definition) is 5. The van der Waals surface area contributed by atoms with Crippen molar-refractivity contribution in [3.05, 3.63) is 57.0 Å². The molecule has 3 aromatic rings. The average molecular weight is 386 g/mol. The van der Waals surface area contributed by atoms with Crippen LogP contribution in [0.25, 0.3) is 10.2 Å². The summed E-state index contributed by atoms with van der Waals surface area (Å²) in [4.78, 5) is 27.4. The van der Waals surface area contributed by atoms with Crippen molar-refractivity contribution >= 4 is 27.5 Å². The predicted octanol–water partition coefficient (Wildman–Crippen LogP) is 4.08. The summed E-state index contributed by atoms with van der Waals surface area (Å²) in [6.45, 7) is 6.13. The number of fused-ring (bicyclic) bond motifs is 1. The zero-order valence-corrected chi connectivity index (χ0v) is 16.4. The molecule has 1 unspecified atom stereocenters. The van der Waals surface area contributed by atoms with Crippen LogP contribution in [0, 0.1) is 13.8 Å². The summed E-state index contributed by atoms with van der Waals surface area (Å²) in [5, 5.41) is 8.89. The molecule has 1 N–H and O–H groups in total. The van der Waals surface area contributed by atoms with E-state index in [-0.39, 0.29) is 23.9 Å². The molecule has 0 fully saturated rings. The fraction of sp³-hybridized carbons (Fsp3) is 0.350. The maximum atomic E-state index is 12.2. The molecule has 142 valence electrons. The molecule has 0 amide bonds. The standard InChI is InChI=1S/C20H22N2O4S/c1-4-16(14-6-5-12(2)11-21-14)26-17-10-18-15(9-13(17)3)22(20(25)27-18)8-7-19(23)24/h5-6,9-11,16H,4,7-8H2,1-3H3,(H,23,24). The molecule has 6 nitrogen and oxygen atoms in total. The third-order valence-corrected chi connectivity index (χ3v) is 5.36. The number of thiazole rings is 1. The predicted molar refractivity (Wildman–Crippen MR) is 106 cm³/mol. The Balaban J connectivity index is 1.93. The van der Waals surface area contributed by atoms with Crippen LogP contribution in [0.4, 0.5) is 0 Å². The van der Waals surface area contributed by atoms with E-state index in [1.165, 1.54) is 4.57 Å². The lowest BCUT2D eigenvalue weighted by atomic mass is 10.1. The molecule has 2 aromatic heterocycles. The summed E-state index contributed by atoms with van der Waals surface area (Å²) in [7, 11) is 0. The van der Waals surface area contributed by atoms with Gasteiger partial charge < -0.3 is 9.84 Å². The van der Waals surface area contributed by atoms with Crippen LogP contribution in [0.5, 0.6) is 5.75 Å². The molecule has 0 bridgehead atoms. The summed E-state index contributed by atoms with van der Waals surface area (Å²) < 4.78 is 8.52. The number of aryl methyl sites for hydroxylation is 3. The highest BCUT2D eigenvalue weighted by atomic mass is 32.1. The van der Waals surface area contributed by atoms with Gasteiger partial charge in [-0.1, -0.05) is 24.3 Å². The summed E-state index contributed by atoms with van der Waals surface area (Å²) in [5.74, 6) is -0.210. The molecule has 2 heterocycles. The van der Waals surface area contributed by atoms with E-state index < -0.39 is 5.97 Å². The minimum atomic E-state index is -0.922. The number of rotatable bonds is 7. The first-order valence-corrected chi connectivity index (χ1v) is 9.65. The second kappa shape index (κ2) is 7.92. The molecule has 7 heteroatoms. The Morgan fingerprint density at radius 3 is 2.74 bits per heavy atom. The van der Waals surface area contributed by atoms with Crippen molar-refractivity contribution in [3.63, 3.8) is 0 Å². The highest BCUT2D eigenvalue weighted by Crippen LogP contribution is 2.31. The van der Waals surface area contributed by atoms with Crippen molar-refractivity contribution in [2.75, 3.05) is 0 Å². The summed E-state index contributed by atoms with van der Waals surface area (Å²) >= 11 is 1.10. The number of carboxylic acid groups (broad SMARTS) is 1. The van der Waals surface area contributed by atoms with Gasteiger partial charge in [-0.15, -0.1) is 0 Å². The molecule has 0 saturated carbocycles. The molecule has 0 spiro atoms. The van der Waals surface area contributed by atoms with Crippen molar-refractivity contribution in [1.82, 2.24) is 9.55 Å². The SMILES string of the molecule is CCC(Oc1cc2sc(=O)n(CCC(=O)O)c2cc1C)c1ccc(C)cn1. The van der Waals surface area contributed by atoms with Gasteiger partial charge in [0.25, 0.3) is 0 Å². The first kappa shape index (κ1) is 19.1. The van der Waals surface area contributed by atoms with E-state index in [1.807, 2.05) is 51.2 Å². The van der Waals surface area contributed by atoms with Gasteiger partial charge in [0.05, 0.1) is 22.3 Å². The molecule has 0 aliphatic carbocycles. The molecule has 1 atom stereocenters. The van der Waals surface area contributed by atoms with Crippen LogP contribution < -0.4 is 9.61 Å². The molecular formula is C20H22N2O4S. The van der Waals surface area contributed by atoms with Crippen molar-refractivity contribution < 1.29 is 14.6 Å². The smallest absolute Gasteiger partial charge is 0.308 e. The van der Waals surface area contributed by atoms with Gasteiger partial charge in [-0.2, -0.15) is 0 Å². The zero-order chi connectivity index (χ0) is 19.6. The first-order valence-electron chi connectivity index (χ1n) is 8.84. The first-order chi connectivity index (χ1) is 12.9. The number of pyridine rings is 1. The minimum Gasteiger partial charge on any atom is -0.484 e. The van der Waals surface area contributed by atoms with Crippen LogP contribution in [0.1, 0.15) is 42.7 Å². The molecule has 1 aromatic carbocycles. The lowest BCUT2D eigenvalue weighted by Crippen LogP contribution is -2.15. The van der Waals surface area contributed by atoms with Gasteiger partial charge >= 0.3 is 10.8 Å². The maximum absolute atomic E-state index is 12.2. The summed E-state index contributed by atoms with van der Waals surface area (Å²) in [6.07, 6.45) is 2.34. The third kappa shape index (κ3) is 4.19. The van der Waals surface area contributed by atoms with E-state index >= 15 is 0 Å². The van der Waals surface area contributed by atoms with Gasteiger partial charge in [0.1, 0.15) is 11.9 Å². The van der Waals surface area contributed by atoms with Gasteiger partial charge in [0, 0.05) is 12.7 Å². The molecule has 3 rings (SSSR count). The molecular weight excluding hydrogens is 364 g/mol. The van der Waals surface area contributed by atoms with Crippen LogP contribution in [-0.2, 0) is 11.3 Å².